The Hall–Kier alpha value is -1.68. The standard InChI is InChI=1S/C16H29N7O2S/c1-17-16(18-7-10-26(24,25)21-11-13-3-2-4-13)23-8-5-14(6-9-23)15-19-12-20-22-15/h12-14,21H,2-11H2,1H3,(H,17,18)(H,19,20,22). The van der Waals surface area contributed by atoms with Gasteiger partial charge in [-0.2, -0.15) is 5.10 Å². The van der Waals surface area contributed by atoms with Crippen LogP contribution in [-0.4, -0.2) is 73.4 Å². The van der Waals surface area contributed by atoms with E-state index in [-0.39, 0.29) is 5.75 Å². The molecule has 2 fully saturated rings. The van der Waals surface area contributed by atoms with E-state index in [0.717, 1.165) is 50.6 Å². The van der Waals surface area contributed by atoms with Crippen LogP contribution in [0.25, 0.3) is 0 Å². The number of hydrogen-bond acceptors (Lipinski definition) is 5. The van der Waals surface area contributed by atoms with E-state index >= 15 is 0 Å². The first-order valence-corrected chi connectivity index (χ1v) is 11.0. The summed E-state index contributed by atoms with van der Waals surface area (Å²) in [5.74, 6) is 2.68. The fourth-order valence-electron chi connectivity index (χ4n) is 3.42. The van der Waals surface area contributed by atoms with Gasteiger partial charge in [0.25, 0.3) is 0 Å². The number of rotatable bonds is 7. The van der Waals surface area contributed by atoms with E-state index in [0.29, 0.717) is 24.9 Å². The molecule has 2 heterocycles. The van der Waals surface area contributed by atoms with Crippen molar-refractivity contribution in [2.24, 2.45) is 10.9 Å². The first kappa shape index (κ1) is 19.1. The maximum absolute atomic E-state index is 12.1. The van der Waals surface area contributed by atoms with Crippen LogP contribution < -0.4 is 10.0 Å². The lowest BCUT2D eigenvalue weighted by Gasteiger charge is -2.33. The molecule has 3 N–H and O–H groups in total. The van der Waals surface area contributed by atoms with E-state index in [9.17, 15) is 8.42 Å². The average Bonchev–Trinajstić information content (AvgIpc) is 3.12. The minimum absolute atomic E-state index is 0.0628. The number of nitrogens with zero attached hydrogens (tertiary/aromatic N) is 4. The lowest BCUT2D eigenvalue weighted by molar-refractivity contribution is 0.299. The molecule has 0 bridgehead atoms. The SMILES string of the molecule is CN=C(NCCS(=O)(=O)NCC1CCC1)N1CCC(c2ncn[nH]2)CC1. The second-order valence-electron chi connectivity index (χ2n) is 7.07. The predicted octanol–water partition coefficient (Wildman–Crippen LogP) is 0.279. The van der Waals surface area contributed by atoms with Gasteiger partial charge in [-0.3, -0.25) is 10.1 Å². The molecule has 1 aromatic heterocycles. The van der Waals surface area contributed by atoms with Crippen LogP contribution >= 0.6 is 0 Å². The molecule has 0 unspecified atom stereocenters. The zero-order valence-corrected chi connectivity index (χ0v) is 16.1. The number of piperidine rings is 1. The third-order valence-electron chi connectivity index (χ3n) is 5.30. The molecule has 26 heavy (non-hydrogen) atoms. The van der Waals surface area contributed by atoms with E-state index in [1.54, 1.807) is 13.4 Å². The molecular weight excluding hydrogens is 354 g/mol. The largest absolute Gasteiger partial charge is 0.355 e. The van der Waals surface area contributed by atoms with Crippen LogP contribution in [0.15, 0.2) is 11.3 Å². The van der Waals surface area contributed by atoms with Gasteiger partial charge in [-0.05, 0) is 31.6 Å². The van der Waals surface area contributed by atoms with Crippen molar-refractivity contribution in [3.63, 3.8) is 0 Å². The Balaban J connectivity index is 1.39. The Labute approximate surface area is 155 Å². The highest BCUT2D eigenvalue weighted by Gasteiger charge is 2.25. The number of aromatic nitrogens is 3. The summed E-state index contributed by atoms with van der Waals surface area (Å²) in [7, 11) is -1.50. The summed E-state index contributed by atoms with van der Waals surface area (Å²) in [5, 5.41) is 10.0. The van der Waals surface area contributed by atoms with Crippen molar-refractivity contribution >= 4 is 16.0 Å². The number of aromatic amines is 1. The molecule has 2 aliphatic rings. The van der Waals surface area contributed by atoms with E-state index in [2.05, 4.69) is 35.1 Å². The van der Waals surface area contributed by atoms with Gasteiger partial charge < -0.3 is 10.2 Å². The second-order valence-corrected chi connectivity index (χ2v) is 9.00. The molecule has 3 rings (SSSR count). The van der Waals surface area contributed by atoms with Gasteiger partial charge in [0.15, 0.2) is 5.96 Å². The third kappa shape index (κ3) is 5.16. The van der Waals surface area contributed by atoms with E-state index in [1.807, 2.05) is 0 Å². The molecule has 1 saturated carbocycles. The molecule has 1 saturated heterocycles. The highest BCUT2D eigenvalue weighted by molar-refractivity contribution is 7.89. The van der Waals surface area contributed by atoms with Crippen LogP contribution in [0.1, 0.15) is 43.8 Å². The smallest absolute Gasteiger partial charge is 0.213 e. The Kier molecular flexibility index (Phi) is 6.47. The van der Waals surface area contributed by atoms with Gasteiger partial charge in [-0.25, -0.2) is 18.1 Å². The summed E-state index contributed by atoms with van der Waals surface area (Å²) in [6.07, 6.45) is 6.97. The van der Waals surface area contributed by atoms with Gasteiger partial charge in [0.2, 0.25) is 10.0 Å². The summed E-state index contributed by atoms with van der Waals surface area (Å²) in [5.41, 5.74) is 0. The maximum atomic E-state index is 12.1. The molecule has 9 nitrogen and oxygen atoms in total. The fraction of sp³-hybridized carbons (Fsp3) is 0.812. The van der Waals surface area contributed by atoms with Gasteiger partial charge in [-0.15, -0.1) is 0 Å². The fourth-order valence-corrected chi connectivity index (χ4v) is 4.42. The van der Waals surface area contributed by atoms with Crippen molar-refractivity contribution < 1.29 is 8.42 Å². The minimum Gasteiger partial charge on any atom is -0.355 e. The van der Waals surface area contributed by atoms with Crippen LogP contribution in [0.4, 0.5) is 0 Å². The number of nitrogens with one attached hydrogen (secondary N) is 3. The molecule has 1 aromatic rings. The lowest BCUT2D eigenvalue weighted by atomic mass is 9.86. The Bertz CT molecular complexity index is 677. The van der Waals surface area contributed by atoms with Crippen LogP contribution in [-0.2, 0) is 10.0 Å². The number of sulfonamides is 1. The van der Waals surface area contributed by atoms with Crippen molar-refractivity contribution in [1.29, 1.82) is 0 Å². The summed E-state index contributed by atoms with van der Waals surface area (Å²) in [4.78, 5) is 10.7. The van der Waals surface area contributed by atoms with Gasteiger partial charge in [0.1, 0.15) is 12.2 Å². The zero-order valence-electron chi connectivity index (χ0n) is 15.3. The molecule has 1 aliphatic heterocycles. The highest BCUT2D eigenvalue weighted by Crippen LogP contribution is 2.25. The molecule has 0 spiro atoms. The van der Waals surface area contributed by atoms with Crippen molar-refractivity contribution in [3.05, 3.63) is 12.2 Å². The van der Waals surface area contributed by atoms with E-state index in [4.69, 9.17) is 0 Å². The van der Waals surface area contributed by atoms with Crippen molar-refractivity contribution in [3.8, 4) is 0 Å². The first-order valence-electron chi connectivity index (χ1n) is 9.35. The topological polar surface area (TPSA) is 115 Å². The molecule has 0 aromatic carbocycles. The third-order valence-corrected chi connectivity index (χ3v) is 6.65. The highest BCUT2D eigenvalue weighted by atomic mass is 32.2. The normalized spacial score (nSPS) is 20.2. The van der Waals surface area contributed by atoms with Gasteiger partial charge in [0, 0.05) is 39.1 Å². The van der Waals surface area contributed by atoms with E-state index in [1.165, 1.54) is 6.42 Å². The Morgan fingerprint density at radius 1 is 1.35 bits per heavy atom. The average molecular weight is 384 g/mol. The monoisotopic (exact) mass is 383 g/mol. The van der Waals surface area contributed by atoms with Crippen LogP contribution in [0, 0.1) is 5.92 Å². The van der Waals surface area contributed by atoms with Crippen LogP contribution in [0.3, 0.4) is 0 Å². The maximum Gasteiger partial charge on any atom is 0.213 e. The quantitative estimate of drug-likeness (QED) is 0.460. The van der Waals surface area contributed by atoms with Crippen molar-refractivity contribution in [2.75, 3.05) is 39.0 Å². The molecule has 1 aliphatic carbocycles. The lowest BCUT2D eigenvalue weighted by Crippen LogP contribution is -2.47. The Morgan fingerprint density at radius 3 is 2.69 bits per heavy atom. The van der Waals surface area contributed by atoms with E-state index < -0.39 is 10.0 Å². The molecule has 0 atom stereocenters. The molecule has 0 radical (unpaired) electrons. The second kappa shape index (κ2) is 8.81. The predicted molar refractivity (Wildman–Crippen MR) is 100 cm³/mol. The van der Waals surface area contributed by atoms with Crippen LogP contribution in [0.5, 0.6) is 0 Å². The molecular formula is C16H29N7O2S. The molecule has 146 valence electrons. The first-order chi connectivity index (χ1) is 12.6. The number of likely N-dealkylation sites (tertiary alicyclic amines) is 1. The number of hydrogen-bond donors (Lipinski definition) is 3. The van der Waals surface area contributed by atoms with Gasteiger partial charge >= 0.3 is 0 Å². The number of guanidine groups is 1. The summed E-state index contributed by atoms with van der Waals surface area (Å²) >= 11 is 0. The van der Waals surface area contributed by atoms with Gasteiger partial charge in [-0.1, -0.05) is 6.42 Å². The van der Waals surface area contributed by atoms with Gasteiger partial charge in [0.05, 0.1) is 5.75 Å². The summed E-state index contributed by atoms with van der Waals surface area (Å²) < 4.78 is 26.9. The number of aliphatic imine (C=N–C) groups is 1. The summed E-state index contributed by atoms with van der Waals surface area (Å²) in [6, 6.07) is 0. The number of H-pyrrole nitrogens is 1. The minimum atomic E-state index is -3.23. The van der Waals surface area contributed by atoms with Crippen molar-refractivity contribution in [1.82, 2.24) is 30.1 Å². The zero-order chi connectivity index (χ0) is 18.4. The molecule has 10 heteroatoms. The molecule has 0 amide bonds. The summed E-state index contributed by atoms with van der Waals surface area (Å²) in [6.45, 7) is 2.65. The Morgan fingerprint density at radius 2 is 2.12 bits per heavy atom. The van der Waals surface area contributed by atoms with Crippen molar-refractivity contribution in [2.45, 2.75) is 38.0 Å². The van der Waals surface area contributed by atoms with Crippen LogP contribution in [0.2, 0.25) is 0 Å².